The van der Waals surface area contributed by atoms with Gasteiger partial charge in [-0.15, -0.1) is 0 Å². The fraction of sp³-hybridized carbons (Fsp3) is 0.364. The van der Waals surface area contributed by atoms with Crippen LogP contribution in [0.1, 0.15) is 25.5 Å². The van der Waals surface area contributed by atoms with E-state index in [1.54, 1.807) is 12.2 Å². The molecule has 0 heterocycles. The average molecular weight is 280 g/mol. The molecule has 0 aliphatic carbocycles. The normalized spacial score (nSPS) is 14.4. The van der Waals surface area contributed by atoms with Gasteiger partial charge in [0.15, 0.2) is 6.04 Å². The molecule has 3 nitrogen and oxygen atoms in total. The van der Waals surface area contributed by atoms with Crippen LogP contribution in [-0.4, -0.2) is 11.9 Å². The van der Waals surface area contributed by atoms with Crippen molar-refractivity contribution < 1.29 is 14.5 Å². The summed E-state index contributed by atoms with van der Waals surface area (Å²) in [6.07, 6.45) is 0. The summed E-state index contributed by atoms with van der Waals surface area (Å²) in [5.74, 6) is -0.958. The van der Waals surface area contributed by atoms with Gasteiger partial charge in [-0.05, 0) is 26.0 Å². The first-order valence-corrected chi connectivity index (χ1v) is 5.87. The zero-order valence-electron chi connectivity index (χ0n) is 9.51. The summed E-state index contributed by atoms with van der Waals surface area (Å²) in [7, 11) is 0. The second-order valence-electron chi connectivity index (χ2n) is 3.96. The van der Waals surface area contributed by atoms with Crippen LogP contribution in [-0.2, 0) is 4.79 Å². The molecule has 0 fully saturated rings. The van der Waals surface area contributed by atoms with Gasteiger partial charge in [-0.25, -0.2) is 4.39 Å². The molecule has 0 aromatic heterocycles. The Morgan fingerprint density at radius 2 is 1.94 bits per heavy atom. The summed E-state index contributed by atoms with van der Waals surface area (Å²) in [6.45, 7) is 3.49. The maximum absolute atomic E-state index is 13.3. The van der Waals surface area contributed by atoms with E-state index in [0.717, 1.165) is 0 Å². The molecule has 1 aromatic rings. The van der Waals surface area contributed by atoms with Crippen LogP contribution >= 0.6 is 23.2 Å². The fourth-order valence-electron chi connectivity index (χ4n) is 1.52. The van der Waals surface area contributed by atoms with Gasteiger partial charge in [0.1, 0.15) is 11.9 Å². The van der Waals surface area contributed by atoms with E-state index in [9.17, 15) is 9.18 Å². The molecule has 1 amide bonds. The van der Waals surface area contributed by atoms with Crippen molar-refractivity contribution in [3.8, 4) is 0 Å². The van der Waals surface area contributed by atoms with E-state index >= 15 is 0 Å². The Kier molecular flexibility index (Phi) is 4.74. The number of carbonyl (C=O) groups is 1. The highest BCUT2D eigenvalue weighted by Crippen LogP contribution is 2.27. The van der Waals surface area contributed by atoms with Crippen molar-refractivity contribution in [2.75, 3.05) is 0 Å². The third-order valence-electron chi connectivity index (χ3n) is 2.56. The molecule has 1 aromatic carbocycles. The van der Waals surface area contributed by atoms with E-state index in [1.807, 2.05) is 6.92 Å². The molecule has 0 aliphatic rings. The van der Waals surface area contributed by atoms with Gasteiger partial charge in [0, 0.05) is 5.56 Å². The summed E-state index contributed by atoms with van der Waals surface area (Å²) in [4.78, 5) is 10.9. The minimum absolute atomic E-state index is 0.0195. The lowest BCUT2D eigenvalue weighted by Gasteiger charge is -2.16. The molecule has 0 unspecified atom stereocenters. The van der Waals surface area contributed by atoms with Gasteiger partial charge >= 0.3 is 0 Å². The van der Waals surface area contributed by atoms with E-state index < -0.39 is 17.8 Å². The Bertz CT molecular complexity index is 440. The van der Waals surface area contributed by atoms with E-state index in [1.165, 1.54) is 12.1 Å². The predicted molar refractivity (Wildman–Crippen MR) is 65.4 cm³/mol. The summed E-state index contributed by atoms with van der Waals surface area (Å²) >= 11 is 11.6. The second kappa shape index (κ2) is 5.67. The van der Waals surface area contributed by atoms with Crippen LogP contribution in [0, 0.1) is 5.82 Å². The zero-order valence-corrected chi connectivity index (χ0v) is 11.0. The van der Waals surface area contributed by atoms with Crippen molar-refractivity contribution in [2.24, 2.45) is 5.73 Å². The molecule has 0 saturated heterocycles. The number of halogens is 3. The van der Waals surface area contributed by atoms with E-state index in [0.29, 0.717) is 10.6 Å². The monoisotopic (exact) mass is 279 g/mol. The van der Waals surface area contributed by atoms with Crippen LogP contribution in [0.4, 0.5) is 4.39 Å². The Balaban J connectivity index is 2.92. The number of rotatable bonds is 4. The van der Waals surface area contributed by atoms with Gasteiger partial charge in [-0.2, -0.15) is 0 Å². The number of primary amides is 1. The summed E-state index contributed by atoms with van der Waals surface area (Å²) in [5.41, 5.74) is 5.74. The molecule has 17 heavy (non-hydrogen) atoms. The molecule has 0 bridgehead atoms. The van der Waals surface area contributed by atoms with Crippen LogP contribution in [0.3, 0.4) is 0 Å². The molecule has 0 saturated carbocycles. The molecule has 94 valence electrons. The maximum atomic E-state index is 13.3. The summed E-state index contributed by atoms with van der Waals surface area (Å²) in [5, 5.41) is 2.07. The van der Waals surface area contributed by atoms with E-state index in [-0.39, 0.29) is 11.1 Å². The number of carbonyl (C=O) groups excluding carboxylic acids is 1. The fourth-order valence-corrected chi connectivity index (χ4v) is 2.07. The van der Waals surface area contributed by atoms with Crippen molar-refractivity contribution in [1.82, 2.24) is 0 Å². The molecule has 6 heteroatoms. The van der Waals surface area contributed by atoms with Crippen LogP contribution < -0.4 is 11.1 Å². The Hall–Kier alpha value is -0.840. The van der Waals surface area contributed by atoms with Crippen LogP contribution in [0.15, 0.2) is 12.1 Å². The minimum Gasteiger partial charge on any atom is -0.365 e. The Morgan fingerprint density at radius 1 is 1.35 bits per heavy atom. The molecular weight excluding hydrogens is 266 g/mol. The Labute approximate surface area is 109 Å². The predicted octanol–water partition coefficient (Wildman–Crippen LogP) is 1.63. The lowest BCUT2D eigenvalue weighted by atomic mass is 10.1. The third-order valence-corrected chi connectivity index (χ3v) is 3.17. The standard InChI is InChI=1S/C11H13Cl2FN2O/c1-5(16-6(2)11(15)17)7-3-10(14)9(13)4-8(7)12/h3-6,16H,1-2H3,(H2,15,17)/p+1/t5-,6+/m1/s1. The first-order valence-electron chi connectivity index (χ1n) is 5.11. The van der Waals surface area contributed by atoms with Crippen molar-refractivity contribution >= 4 is 29.1 Å². The first-order chi connectivity index (χ1) is 7.82. The highest BCUT2D eigenvalue weighted by molar-refractivity contribution is 6.35. The SMILES string of the molecule is C[C@H]([NH2+][C@H](C)c1cc(F)c(Cl)cc1Cl)C(N)=O. The largest absolute Gasteiger partial charge is 0.365 e. The van der Waals surface area contributed by atoms with Crippen molar-refractivity contribution in [1.29, 1.82) is 0 Å². The number of nitrogens with two attached hydrogens (primary N) is 2. The number of quaternary nitrogens is 1. The van der Waals surface area contributed by atoms with Crippen LogP contribution in [0.5, 0.6) is 0 Å². The van der Waals surface area contributed by atoms with Gasteiger partial charge in [-0.3, -0.25) is 4.79 Å². The quantitative estimate of drug-likeness (QED) is 0.809. The van der Waals surface area contributed by atoms with E-state index in [4.69, 9.17) is 28.9 Å². The zero-order chi connectivity index (χ0) is 13.2. The minimum atomic E-state index is -0.530. The van der Waals surface area contributed by atoms with Crippen LogP contribution in [0.25, 0.3) is 0 Å². The van der Waals surface area contributed by atoms with Crippen LogP contribution in [0.2, 0.25) is 10.0 Å². The number of hydrogen-bond donors (Lipinski definition) is 2. The topological polar surface area (TPSA) is 59.7 Å². The number of amides is 1. The molecule has 0 aliphatic heterocycles. The number of benzene rings is 1. The van der Waals surface area contributed by atoms with E-state index in [2.05, 4.69) is 0 Å². The van der Waals surface area contributed by atoms with Crippen molar-refractivity contribution in [2.45, 2.75) is 25.9 Å². The highest BCUT2D eigenvalue weighted by atomic mass is 35.5. The highest BCUT2D eigenvalue weighted by Gasteiger charge is 2.20. The third kappa shape index (κ3) is 3.56. The van der Waals surface area contributed by atoms with Gasteiger partial charge < -0.3 is 11.1 Å². The Morgan fingerprint density at radius 3 is 2.47 bits per heavy atom. The summed E-state index contributed by atoms with van der Waals surface area (Å²) < 4.78 is 13.3. The average Bonchev–Trinajstić information content (AvgIpc) is 2.22. The first kappa shape index (κ1) is 14.2. The molecule has 4 N–H and O–H groups in total. The molecular formula is C11H14Cl2FN2O+. The number of hydrogen-bond acceptors (Lipinski definition) is 1. The lowest BCUT2D eigenvalue weighted by Crippen LogP contribution is -2.92. The lowest BCUT2D eigenvalue weighted by molar-refractivity contribution is -0.710. The van der Waals surface area contributed by atoms with Gasteiger partial charge in [0.05, 0.1) is 10.0 Å². The molecule has 1 rings (SSSR count). The maximum Gasteiger partial charge on any atom is 0.275 e. The smallest absolute Gasteiger partial charge is 0.275 e. The summed E-state index contributed by atoms with van der Waals surface area (Å²) in [6, 6.07) is 2.05. The second-order valence-corrected chi connectivity index (χ2v) is 4.77. The molecule has 2 atom stereocenters. The van der Waals surface area contributed by atoms with Crippen molar-refractivity contribution in [3.05, 3.63) is 33.6 Å². The van der Waals surface area contributed by atoms with Gasteiger partial charge in [-0.1, -0.05) is 23.2 Å². The molecule has 0 spiro atoms. The van der Waals surface area contributed by atoms with Gasteiger partial charge in [0.25, 0.3) is 5.91 Å². The molecule has 0 radical (unpaired) electrons. The van der Waals surface area contributed by atoms with Gasteiger partial charge in [0.2, 0.25) is 0 Å². The van der Waals surface area contributed by atoms with Crippen molar-refractivity contribution in [3.63, 3.8) is 0 Å².